The molecule has 152 valence electrons. The molecular weight excluding hydrogens is 376 g/mol. The van der Waals surface area contributed by atoms with E-state index in [0.29, 0.717) is 6.42 Å². The third-order valence-corrected chi connectivity index (χ3v) is 5.84. The number of H-pyrrole nitrogens is 1. The minimum Gasteiger partial charge on any atom is -0.369 e. The van der Waals surface area contributed by atoms with Crippen molar-refractivity contribution in [2.24, 2.45) is 0 Å². The molecule has 1 aliphatic heterocycles. The molecule has 0 unspecified atom stereocenters. The van der Waals surface area contributed by atoms with Gasteiger partial charge < -0.3 is 9.88 Å². The molecule has 1 aromatic carbocycles. The largest absolute Gasteiger partial charge is 0.369 e. The Balaban J connectivity index is 1.27. The van der Waals surface area contributed by atoms with Gasteiger partial charge in [-0.3, -0.25) is 14.7 Å². The Morgan fingerprint density at radius 1 is 1.00 bits per heavy atom. The predicted molar refractivity (Wildman–Crippen MR) is 119 cm³/mol. The fourth-order valence-corrected chi connectivity index (χ4v) is 4.10. The molecule has 4 heterocycles. The average Bonchev–Trinajstić information content (AvgIpc) is 2.79. The number of aromatic amines is 1. The van der Waals surface area contributed by atoms with Gasteiger partial charge in [0.05, 0.1) is 16.6 Å². The van der Waals surface area contributed by atoms with Gasteiger partial charge in [0.2, 0.25) is 0 Å². The van der Waals surface area contributed by atoms with E-state index < -0.39 is 0 Å². The molecule has 0 atom stereocenters. The van der Waals surface area contributed by atoms with E-state index >= 15 is 0 Å². The van der Waals surface area contributed by atoms with Crippen LogP contribution >= 0.6 is 0 Å². The summed E-state index contributed by atoms with van der Waals surface area (Å²) in [5.41, 5.74) is 5.73. The fraction of sp³-hybridized carbons (Fsp3) is 0.304. The molecule has 7 nitrogen and oxygen atoms in total. The van der Waals surface area contributed by atoms with Crippen LogP contribution in [0.4, 0.5) is 5.69 Å². The van der Waals surface area contributed by atoms with Gasteiger partial charge in [-0.25, -0.2) is 9.97 Å². The molecule has 1 fully saturated rings. The standard InChI is InChI=1S/C23H24N6O/c1-2-17-10-21-22(27-23(17)30)9-16(12-25-21)14-28-5-7-29(8-6-28)19-4-3-18-13-24-15-26-20(18)11-19/h3-4,9-13,15H,2,5-8,14H2,1H3,(H,27,30). The number of hydrogen-bond donors (Lipinski definition) is 1. The van der Waals surface area contributed by atoms with Gasteiger partial charge in [-0.05, 0) is 42.3 Å². The first-order valence-corrected chi connectivity index (χ1v) is 10.4. The fourth-order valence-electron chi connectivity index (χ4n) is 4.10. The molecule has 1 N–H and O–H groups in total. The van der Waals surface area contributed by atoms with Crippen molar-refractivity contribution in [2.75, 3.05) is 31.1 Å². The van der Waals surface area contributed by atoms with Gasteiger partial charge in [-0.2, -0.15) is 0 Å². The van der Waals surface area contributed by atoms with Crippen LogP contribution in [-0.2, 0) is 13.0 Å². The molecular formula is C23H24N6O. The Morgan fingerprint density at radius 3 is 2.70 bits per heavy atom. The molecule has 0 bridgehead atoms. The molecule has 0 amide bonds. The summed E-state index contributed by atoms with van der Waals surface area (Å²) in [7, 11) is 0. The molecule has 4 aromatic rings. The second-order valence-electron chi connectivity index (χ2n) is 7.78. The number of fused-ring (bicyclic) bond motifs is 2. The van der Waals surface area contributed by atoms with E-state index in [9.17, 15) is 4.79 Å². The molecule has 0 spiro atoms. The highest BCUT2D eigenvalue weighted by atomic mass is 16.1. The summed E-state index contributed by atoms with van der Waals surface area (Å²) in [6.45, 7) is 6.70. The van der Waals surface area contributed by atoms with Crippen LogP contribution in [0, 0.1) is 0 Å². The minimum atomic E-state index is -0.0155. The van der Waals surface area contributed by atoms with Crippen LogP contribution in [0.25, 0.3) is 21.9 Å². The van der Waals surface area contributed by atoms with Crippen molar-refractivity contribution < 1.29 is 0 Å². The van der Waals surface area contributed by atoms with E-state index in [-0.39, 0.29) is 5.56 Å². The summed E-state index contributed by atoms with van der Waals surface area (Å²) in [5, 5.41) is 1.06. The van der Waals surface area contributed by atoms with Crippen LogP contribution in [-0.4, -0.2) is 51.0 Å². The summed E-state index contributed by atoms with van der Waals surface area (Å²) < 4.78 is 0. The van der Waals surface area contributed by atoms with Crippen molar-refractivity contribution in [3.05, 3.63) is 70.5 Å². The number of hydrogen-bond acceptors (Lipinski definition) is 6. The van der Waals surface area contributed by atoms with Crippen LogP contribution in [0.2, 0.25) is 0 Å². The Labute approximate surface area is 174 Å². The van der Waals surface area contributed by atoms with Crippen molar-refractivity contribution in [1.82, 2.24) is 24.8 Å². The van der Waals surface area contributed by atoms with Crippen LogP contribution in [0.15, 0.2) is 53.8 Å². The first kappa shape index (κ1) is 18.7. The second-order valence-corrected chi connectivity index (χ2v) is 7.78. The Bertz CT molecular complexity index is 1260. The minimum absolute atomic E-state index is 0.0155. The van der Waals surface area contributed by atoms with Crippen molar-refractivity contribution in [2.45, 2.75) is 19.9 Å². The number of pyridine rings is 2. The lowest BCUT2D eigenvalue weighted by atomic mass is 10.1. The topological polar surface area (TPSA) is 78.0 Å². The molecule has 0 aliphatic carbocycles. The molecule has 0 saturated carbocycles. The van der Waals surface area contributed by atoms with Gasteiger partial charge in [-0.1, -0.05) is 6.92 Å². The van der Waals surface area contributed by atoms with Crippen molar-refractivity contribution in [3.63, 3.8) is 0 Å². The summed E-state index contributed by atoms with van der Waals surface area (Å²) in [6.07, 6.45) is 6.08. The van der Waals surface area contributed by atoms with Crippen molar-refractivity contribution in [3.8, 4) is 0 Å². The SMILES string of the molecule is CCc1cc2ncc(CN3CCN(c4ccc5cncnc5c4)CC3)cc2[nH]c1=O. The number of nitrogens with zero attached hydrogens (tertiary/aromatic N) is 5. The van der Waals surface area contributed by atoms with Gasteiger partial charge in [0, 0.05) is 61.8 Å². The first-order valence-electron chi connectivity index (χ1n) is 10.4. The monoisotopic (exact) mass is 400 g/mol. The lowest BCUT2D eigenvalue weighted by Crippen LogP contribution is -2.46. The highest BCUT2D eigenvalue weighted by Gasteiger charge is 2.18. The Morgan fingerprint density at radius 2 is 1.87 bits per heavy atom. The van der Waals surface area contributed by atoms with Crippen LogP contribution in [0.5, 0.6) is 0 Å². The first-order chi connectivity index (χ1) is 14.7. The maximum absolute atomic E-state index is 12.1. The number of benzene rings is 1. The zero-order chi connectivity index (χ0) is 20.5. The van der Waals surface area contributed by atoms with E-state index in [4.69, 9.17) is 0 Å². The molecule has 1 aliphatic rings. The van der Waals surface area contributed by atoms with Crippen molar-refractivity contribution >= 4 is 27.6 Å². The number of nitrogens with one attached hydrogen (secondary N) is 1. The van der Waals surface area contributed by atoms with Crippen molar-refractivity contribution in [1.29, 1.82) is 0 Å². The van der Waals surface area contributed by atoms with Crippen LogP contribution in [0.1, 0.15) is 18.1 Å². The lowest BCUT2D eigenvalue weighted by molar-refractivity contribution is 0.250. The maximum atomic E-state index is 12.1. The molecule has 5 rings (SSSR count). The highest BCUT2D eigenvalue weighted by molar-refractivity contribution is 5.81. The number of rotatable bonds is 4. The van der Waals surface area contributed by atoms with Crippen LogP contribution < -0.4 is 10.5 Å². The van der Waals surface area contributed by atoms with Gasteiger partial charge >= 0.3 is 0 Å². The zero-order valence-corrected chi connectivity index (χ0v) is 17.0. The molecule has 7 heteroatoms. The number of anilines is 1. The highest BCUT2D eigenvalue weighted by Crippen LogP contribution is 2.22. The quantitative estimate of drug-likeness (QED) is 0.568. The Hall–Kier alpha value is -3.32. The molecule has 3 aromatic heterocycles. The predicted octanol–water partition coefficient (Wildman–Crippen LogP) is 2.75. The van der Waals surface area contributed by atoms with Gasteiger partial charge in [0.15, 0.2) is 0 Å². The zero-order valence-electron chi connectivity index (χ0n) is 17.0. The maximum Gasteiger partial charge on any atom is 0.251 e. The summed E-state index contributed by atoms with van der Waals surface area (Å²) in [5.74, 6) is 0. The van der Waals surface area contributed by atoms with Crippen LogP contribution in [0.3, 0.4) is 0 Å². The third-order valence-electron chi connectivity index (χ3n) is 5.84. The normalized spacial score (nSPS) is 15.2. The summed E-state index contributed by atoms with van der Waals surface area (Å²) in [4.78, 5) is 32.9. The Kier molecular flexibility index (Phi) is 4.88. The third kappa shape index (κ3) is 3.64. The number of piperazine rings is 1. The van der Waals surface area contributed by atoms with E-state index in [1.54, 1.807) is 6.33 Å². The van der Waals surface area contributed by atoms with E-state index in [0.717, 1.165) is 65.8 Å². The average molecular weight is 400 g/mol. The van der Waals surface area contributed by atoms with E-state index in [1.165, 1.54) is 5.69 Å². The van der Waals surface area contributed by atoms with Gasteiger partial charge in [0.1, 0.15) is 6.33 Å². The van der Waals surface area contributed by atoms with Gasteiger partial charge in [0.25, 0.3) is 5.56 Å². The lowest BCUT2D eigenvalue weighted by Gasteiger charge is -2.36. The smallest absolute Gasteiger partial charge is 0.251 e. The molecule has 30 heavy (non-hydrogen) atoms. The van der Waals surface area contributed by atoms with Gasteiger partial charge in [-0.15, -0.1) is 0 Å². The summed E-state index contributed by atoms with van der Waals surface area (Å²) in [6, 6.07) is 10.3. The molecule has 1 saturated heterocycles. The second kappa shape index (κ2) is 7.84. The number of aryl methyl sites for hydroxylation is 1. The van der Waals surface area contributed by atoms with E-state index in [1.807, 2.05) is 25.4 Å². The molecule has 0 radical (unpaired) electrons. The van der Waals surface area contributed by atoms with E-state index in [2.05, 4.69) is 54.0 Å². The summed E-state index contributed by atoms with van der Waals surface area (Å²) >= 11 is 0. The number of aromatic nitrogens is 4.